The zero-order valence-electron chi connectivity index (χ0n) is 18.5. The van der Waals surface area contributed by atoms with Crippen molar-refractivity contribution >= 4 is 28.3 Å². The topological polar surface area (TPSA) is 83.3 Å². The van der Waals surface area contributed by atoms with E-state index in [1.807, 2.05) is 49.4 Å². The molecule has 168 valence electrons. The third kappa shape index (κ3) is 4.67. The predicted octanol–water partition coefficient (Wildman–Crippen LogP) is 5.55. The van der Waals surface area contributed by atoms with Crippen LogP contribution in [-0.4, -0.2) is 38.7 Å². The van der Waals surface area contributed by atoms with Crippen molar-refractivity contribution in [3.05, 3.63) is 82.8 Å². The Bertz CT molecular complexity index is 1320. The molecule has 6 heteroatoms. The molecule has 0 radical (unpaired) electrons. The number of Topliss-reactive ketones (excluding diaryl/α,β-unsaturated/α-hetero) is 1. The van der Waals surface area contributed by atoms with Crippen molar-refractivity contribution in [3.8, 4) is 22.3 Å². The van der Waals surface area contributed by atoms with Gasteiger partial charge < -0.3 is 10.2 Å². The van der Waals surface area contributed by atoms with Crippen LogP contribution in [0.4, 0.5) is 0 Å². The molecule has 0 aliphatic rings. The summed E-state index contributed by atoms with van der Waals surface area (Å²) in [5, 5.41) is 20.3. The molecular weight excluding hydrogens is 436 g/mol. The molecule has 0 saturated carbocycles. The zero-order chi connectivity index (χ0) is 23.5. The first-order valence-corrected chi connectivity index (χ1v) is 11.2. The fourth-order valence-corrected chi connectivity index (χ4v) is 4.51. The second kappa shape index (κ2) is 9.79. The van der Waals surface area contributed by atoms with E-state index in [-0.39, 0.29) is 25.2 Å². The lowest BCUT2D eigenvalue weighted by Gasteiger charge is -2.18. The smallest absolute Gasteiger partial charge is 0.181 e. The van der Waals surface area contributed by atoms with Crippen molar-refractivity contribution in [3.63, 3.8) is 0 Å². The molecule has 0 bridgehead atoms. The number of aliphatic hydroxyl groups is 2. The summed E-state index contributed by atoms with van der Waals surface area (Å²) in [6, 6.07) is 15.3. The number of aliphatic hydroxyl groups excluding tert-OH is 2. The van der Waals surface area contributed by atoms with Gasteiger partial charge in [-0.1, -0.05) is 29.8 Å². The summed E-state index contributed by atoms with van der Waals surface area (Å²) in [4.78, 5) is 21.8. The molecule has 2 aromatic heterocycles. The number of carbonyl (C=O) groups excluding carboxylic acids is 1. The fourth-order valence-electron chi connectivity index (χ4n) is 4.28. The summed E-state index contributed by atoms with van der Waals surface area (Å²) in [5.41, 5.74) is 6.95. The number of aryl methyl sites for hydroxylation is 2. The number of ketones is 1. The van der Waals surface area contributed by atoms with Gasteiger partial charge in [0.25, 0.3) is 0 Å². The molecule has 0 saturated heterocycles. The van der Waals surface area contributed by atoms with E-state index in [0.717, 1.165) is 38.8 Å². The van der Waals surface area contributed by atoms with Gasteiger partial charge in [0, 0.05) is 34.8 Å². The number of nitrogens with zero attached hydrogens (tertiary/aromatic N) is 2. The van der Waals surface area contributed by atoms with Crippen molar-refractivity contribution < 1.29 is 15.0 Å². The molecule has 0 aliphatic carbocycles. The molecular formula is C27H25ClN2O3. The van der Waals surface area contributed by atoms with E-state index in [0.29, 0.717) is 16.2 Å². The third-order valence-corrected chi connectivity index (χ3v) is 6.21. The summed E-state index contributed by atoms with van der Waals surface area (Å²) < 4.78 is 0. The van der Waals surface area contributed by atoms with Gasteiger partial charge in [0.2, 0.25) is 0 Å². The normalized spacial score (nSPS) is 12.2. The summed E-state index contributed by atoms with van der Waals surface area (Å²) in [7, 11) is 0. The molecule has 0 aliphatic heterocycles. The Hall–Kier alpha value is -3.12. The molecule has 0 fully saturated rings. The molecule has 4 rings (SSSR count). The van der Waals surface area contributed by atoms with E-state index in [2.05, 4.69) is 11.9 Å². The first kappa shape index (κ1) is 23.1. The van der Waals surface area contributed by atoms with Crippen LogP contribution < -0.4 is 0 Å². The maximum atomic E-state index is 12.9. The van der Waals surface area contributed by atoms with E-state index < -0.39 is 6.10 Å². The zero-order valence-corrected chi connectivity index (χ0v) is 19.3. The van der Waals surface area contributed by atoms with Crippen LogP contribution in [0.2, 0.25) is 5.02 Å². The number of aromatic nitrogens is 2. The molecule has 1 unspecified atom stereocenters. The first-order valence-electron chi connectivity index (χ1n) is 10.8. The Morgan fingerprint density at radius 1 is 1.06 bits per heavy atom. The van der Waals surface area contributed by atoms with Gasteiger partial charge in [-0.15, -0.1) is 0 Å². The Labute approximate surface area is 197 Å². The highest BCUT2D eigenvalue weighted by atomic mass is 35.5. The molecule has 2 aromatic carbocycles. The maximum absolute atomic E-state index is 12.9. The van der Waals surface area contributed by atoms with Crippen LogP contribution in [0.3, 0.4) is 0 Å². The van der Waals surface area contributed by atoms with Crippen LogP contribution in [-0.2, 0) is 0 Å². The highest BCUT2D eigenvalue weighted by Gasteiger charge is 2.20. The summed E-state index contributed by atoms with van der Waals surface area (Å²) in [5.74, 6) is -0.189. The molecule has 0 spiro atoms. The predicted molar refractivity (Wildman–Crippen MR) is 132 cm³/mol. The Morgan fingerprint density at radius 2 is 1.79 bits per heavy atom. The van der Waals surface area contributed by atoms with E-state index >= 15 is 0 Å². The van der Waals surface area contributed by atoms with Crippen LogP contribution in [0, 0.1) is 13.8 Å². The maximum Gasteiger partial charge on any atom is 0.181 e. The van der Waals surface area contributed by atoms with Crippen LogP contribution in [0.1, 0.15) is 34.5 Å². The lowest BCUT2D eigenvalue weighted by molar-refractivity contribution is 0.0777. The number of halogens is 1. The quantitative estimate of drug-likeness (QED) is 0.353. The van der Waals surface area contributed by atoms with Crippen molar-refractivity contribution in [2.75, 3.05) is 6.61 Å². The molecule has 0 amide bonds. The lowest BCUT2D eigenvalue weighted by atomic mass is 9.88. The van der Waals surface area contributed by atoms with E-state index in [4.69, 9.17) is 21.7 Å². The van der Waals surface area contributed by atoms with Crippen LogP contribution in [0.25, 0.3) is 33.2 Å². The van der Waals surface area contributed by atoms with Crippen molar-refractivity contribution in [2.45, 2.75) is 32.8 Å². The average Bonchev–Trinajstić information content (AvgIpc) is 2.82. The minimum atomic E-state index is -0.926. The van der Waals surface area contributed by atoms with Crippen LogP contribution >= 0.6 is 11.6 Å². The van der Waals surface area contributed by atoms with Gasteiger partial charge in [0.1, 0.15) is 5.69 Å². The highest BCUT2D eigenvalue weighted by molar-refractivity contribution is 6.33. The molecule has 33 heavy (non-hydrogen) atoms. The first-order chi connectivity index (χ1) is 15.9. The molecule has 4 aromatic rings. The lowest BCUT2D eigenvalue weighted by Crippen LogP contribution is -2.14. The highest BCUT2D eigenvalue weighted by Crippen LogP contribution is 2.40. The van der Waals surface area contributed by atoms with Crippen LogP contribution in [0.5, 0.6) is 0 Å². The van der Waals surface area contributed by atoms with E-state index in [1.165, 1.54) is 0 Å². The number of hydrogen-bond acceptors (Lipinski definition) is 5. The molecule has 2 heterocycles. The van der Waals surface area contributed by atoms with Crippen LogP contribution in [0.15, 0.2) is 60.9 Å². The van der Waals surface area contributed by atoms with Gasteiger partial charge >= 0.3 is 0 Å². The van der Waals surface area contributed by atoms with Gasteiger partial charge in [-0.25, -0.2) is 4.98 Å². The van der Waals surface area contributed by atoms with Crippen molar-refractivity contribution in [2.24, 2.45) is 0 Å². The second-order valence-corrected chi connectivity index (χ2v) is 8.56. The van der Waals surface area contributed by atoms with Gasteiger partial charge in [-0.3, -0.25) is 9.78 Å². The van der Waals surface area contributed by atoms with E-state index in [9.17, 15) is 9.90 Å². The van der Waals surface area contributed by atoms with Gasteiger partial charge in [0.05, 0.1) is 18.2 Å². The Morgan fingerprint density at radius 3 is 2.48 bits per heavy atom. The minimum absolute atomic E-state index is 0.0925. The Kier molecular flexibility index (Phi) is 6.84. The molecule has 1 atom stereocenters. The largest absolute Gasteiger partial charge is 0.394 e. The van der Waals surface area contributed by atoms with Gasteiger partial charge in [-0.2, -0.15) is 0 Å². The molecule has 5 nitrogen and oxygen atoms in total. The number of fused-ring (bicyclic) bond motifs is 1. The summed E-state index contributed by atoms with van der Waals surface area (Å²) in [6.45, 7) is 3.72. The average molecular weight is 461 g/mol. The van der Waals surface area contributed by atoms with Crippen molar-refractivity contribution in [1.82, 2.24) is 9.97 Å². The SMILES string of the molecule is Cc1cc2nc(C(=O)CCC(O)CO)cc(-c3ccccc3Cl)c2c(C)c1-c1ccncc1. The van der Waals surface area contributed by atoms with E-state index in [1.54, 1.807) is 18.5 Å². The summed E-state index contributed by atoms with van der Waals surface area (Å²) in [6.07, 6.45) is 2.89. The van der Waals surface area contributed by atoms with Gasteiger partial charge in [-0.05, 0) is 78.4 Å². The Balaban J connectivity index is 1.97. The van der Waals surface area contributed by atoms with Gasteiger partial charge in [0.15, 0.2) is 5.78 Å². The minimum Gasteiger partial charge on any atom is -0.394 e. The monoisotopic (exact) mass is 460 g/mol. The number of rotatable bonds is 7. The van der Waals surface area contributed by atoms with Crippen molar-refractivity contribution in [1.29, 1.82) is 0 Å². The summed E-state index contributed by atoms with van der Waals surface area (Å²) >= 11 is 6.58. The fraction of sp³-hybridized carbons (Fsp3) is 0.222. The number of carbonyl (C=O) groups is 1. The number of benzene rings is 2. The third-order valence-electron chi connectivity index (χ3n) is 5.88. The number of hydrogen-bond donors (Lipinski definition) is 2. The molecule has 2 N–H and O–H groups in total. The number of pyridine rings is 2. The second-order valence-electron chi connectivity index (χ2n) is 8.16. The standard InChI is InChI=1S/C27H25ClN2O3/c1-16-13-24-27(17(2)26(16)18-9-11-29-12-10-18)21(20-5-3-4-6-22(20)28)14-23(30-24)25(33)8-7-19(32)15-31/h3-6,9-14,19,31-32H,7-8,15H2,1-2H3.